The predicted molar refractivity (Wildman–Crippen MR) is 153 cm³/mol. The number of hydrogen-bond donors (Lipinski definition) is 1. The van der Waals surface area contributed by atoms with Crippen molar-refractivity contribution in [2.24, 2.45) is 0 Å². The molecule has 1 N–H and O–H groups in total. The molecule has 3 aromatic rings. The number of aliphatic hydroxyl groups is 1. The van der Waals surface area contributed by atoms with E-state index in [4.69, 9.17) is 4.74 Å². The van der Waals surface area contributed by atoms with Crippen LogP contribution in [0.1, 0.15) is 71.7 Å². The van der Waals surface area contributed by atoms with Crippen LogP contribution in [0.15, 0.2) is 36.5 Å². The predicted octanol–water partition coefficient (Wildman–Crippen LogP) is 4.62. The molecule has 1 saturated heterocycles. The molecule has 2 aliphatic rings. The van der Waals surface area contributed by atoms with E-state index in [0.29, 0.717) is 66.8 Å². The number of aromatic nitrogens is 2. The van der Waals surface area contributed by atoms with Crippen LogP contribution in [0.2, 0.25) is 0 Å². The molecule has 4 heterocycles. The van der Waals surface area contributed by atoms with Gasteiger partial charge in [-0.3, -0.25) is 14.7 Å². The molecule has 3 atom stereocenters. The molecule has 0 spiro atoms. The summed E-state index contributed by atoms with van der Waals surface area (Å²) < 4.78 is 19.6. The molecule has 5 rings (SSSR count). The van der Waals surface area contributed by atoms with E-state index in [9.17, 15) is 19.6 Å². The highest BCUT2D eigenvalue weighted by atomic mass is 19.1. The van der Waals surface area contributed by atoms with Gasteiger partial charge in [0, 0.05) is 54.8 Å². The van der Waals surface area contributed by atoms with E-state index in [-0.39, 0.29) is 18.1 Å². The molecule has 0 bridgehead atoms. The molecule has 0 saturated carbocycles. The molecule has 9 heteroatoms. The van der Waals surface area contributed by atoms with Gasteiger partial charge in [-0.2, -0.15) is 9.65 Å². The fraction of sp³-hybridized carbons (Fsp3) is 0.438. The molecule has 0 unspecified atom stereocenters. The number of ether oxygens (including phenoxy) is 1. The van der Waals surface area contributed by atoms with E-state index in [1.807, 2.05) is 24.8 Å². The van der Waals surface area contributed by atoms with E-state index in [2.05, 4.69) is 33.9 Å². The van der Waals surface area contributed by atoms with E-state index in [1.54, 1.807) is 19.1 Å². The number of nitriles is 1. The van der Waals surface area contributed by atoms with Crippen LogP contribution in [0.5, 0.6) is 5.75 Å². The molecule has 2 aliphatic heterocycles. The zero-order valence-electron chi connectivity index (χ0n) is 24.0. The van der Waals surface area contributed by atoms with Gasteiger partial charge in [0.05, 0.1) is 24.4 Å². The minimum atomic E-state index is -0.532. The average molecular weight is 558 g/mol. The number of β-amino-alcohol motifs (C(OH)–C–C–N with tert-alkyl or cyclic N) is 1. The minimum Gasteiger partial charge on any atom is -0.492 e. The normalized spacial score (nSPS) is 19.6. The quantitative estimate of drug-likeness (QED) is 0.403. The molecule has 2 aromatic heterocycles. The monoisotopic (exact) mass is 557 g/mol. The summed E-state index contributed by atoms with van der Waals surface area (Å²) in [4.78, 5) is 26.7. The second-order valence-electron chi connectivity index (χ2n) is 11.0. The summed E-state index contributed by atoms with van der Waals surface area (Å²) >= 11 is 0. The lowest BCUT2D eigenvalue weighted by molar-refractivity contribution is 0.0669. The SMILES string of the molecule is CCOc1cc([C@H](C)N2CCc3c(cc(CCN4C[C@@H](O)C[C@H]4C)cc3-c3ccc(F)nc3C)C2=O)ncc1C#N. The number of amides is 1. The Morgan fingerprint density at radius 3 is 2.71 bits per heavy atom. The van der Waals surface area contributed by atoms with Gasteiger partial charge in [-0.25, -0.2) is 4.98 Å². The first kappa shape index (κ1) is 28.7. The number of fused-ring (bicyclic) bond motifs is 1. The number of likely N-dealkylation sites (tertiary alicyclic amines) is 1. The standard InChI is InChI=1S/C32H36FN5O3/c1-5-41-30-15-29(35-17-23(30)16-34)21(4)38-11-9-26-27(25-6-7-31(33)36-20(25)3)13-22(14-28(26)32(38)40)8-10-37-18-24(39)12-19(37)2/h6-7,13-15,17,19,21,24,39H,5,8-12,18H2,1-4H3/t19-,21+,24+/m1/s1. The highest BCUT2D eigenvalue weighted by molar-refractivity contribution is 5.99. The van der Waals surface area contributed by atoms with Crippen molar-refractivity contribution in [1.82, 2.24) is 19.8 Å². The topological polar surface area (TPSA) is 103 Å². The highest BCUT2D eigenvalue weighted by Gasteiger charge is 2.33. The number of halogens is 1. The molecule has 8 nitrogen and oxygen atoms in total. The molecule has 1 fully saturated rings. The van der Waals surface area contributed by atoms with Crippen molar-refractivity contribution in [1.29, 1.82) is 5.26 Å². The maximum atomic E-state index is 14.1. The first-order valence-corrected chi connectivity index (χ1v) is 14.2. The van der Waals surface area contributed by atoms with Crippen LogP contribution >= 0.6 is 0 Å². The molecular weight excluding hydrogens is 521 g/mol. The van der Waals surface area contributed by atoms with Gasteiger partial charge >= 0.3 is 0 Å². The average Bonchev–Trinajstić information content (AvgIpc) is 3.28. The fourth-order valence-corrected chi connectivity index (χ4v) is 6.10. The summed E-state index contributed by atoms with van der Waals surface area (Å²) in [6, 6.07) is 11.0. The smallest absolute Gasteiger partial charge is 0.254 e. The van der Waals surface area contributed by atoms with Crippen LogP contribution in [0.25, 0.3) is 11.1 Å². The fourth-order valence-electron chi connectivity index (χ4n) is 6.10. The van der Waals surface area contributed by atoms with E-state index >= 15 is 0 Å². The van der Waals surface area contributed by atoms with E-state index in [0.717, 1.165) is 35.2 Å². The molecule has 0 aliphatic carbocycles. The lowest BCUT2D eigenvalue weighted by Gasteiger charge is -2.35. The molecule has 0 radical (unpaired) electrons. The lowest BCUT2D eigenvalue weighted by Crippen LogP contribution is -2.40. The van der Waals surface area contributed by atoms with Crippen molar-refractivity contribution in [2.45, 2.75) is 65.1 Å². The molecule has 214 valence electrons. The summed E-state index contributed by atoms with van der Waals surface area (Å²) in [5.41, 5.74) is 5.89. The Labute approximate surface area is 240 Å². The highest BCUT2D eigenvalue weighted by Crippen LogP contribution is 2.36. The van der Waals surface area contributed by atoms with Crippen molar-refractivity contribution in [2.75, 3.05) is 26.2 Å². The van der Waals surface area contributed by atoms with Crippen molar-refractivity contribution in [3.8, 4) is 22.9 Å². The number of aryl methyl sites for hydroxylation is 1. The minimum absolute atomic E-state index is 0.0938. The van der Waals surface area contributed by atoms with Crippen LogP contribution in [-0.2, 0) is 12.8 Å². The van der Waals surface area contributed by atoms with Gasteiger partial charge in [0.1, 0.15) is 17.4 Å². The Morgan fingerprint density at radius 2 is 2.02 bits per heavy atom. The van der Waals surface area contributed by atoms with Crippen LogP contribution in [0, 0.1) is 24.2 Å². The number of hydrogen-bond acceptors (Lipinski definition) is 7. The van der Waals surface area contributed by atoms with Gasteiger partial charge in [-0.15, -0.1) is 0 Å². The number of carbonyl (C=O) groups excluding carboxylic acids is 1. The zero-order valence-corrected chi connectivity index (χ0v) is 24.0. The summed E-state index contributed by atoms with van der Waals surface area (Å²) in [6.07, 6.45) is 3.28. The summed E-state index contributed by atoms with van der Waals surface area (Å²) in [6.45, 7) is 10.0. The number of aliphatic hydroxyl groups excluding tert-OH is 1. The van der Waals surface area contributed by atoms with E-state index in [1.165, 1.54) is 12.3 Å². The van der Waals surface area contributed by atoms with Gasteiger partial charge in [0.2, 0.25) is 5.95 Å². The van der Waals surface area contributed by atoms with Gasteiger partial charge in [-0.05, 0) is 81.8 Å². The number of rotatable bonds is 8. The summed E-state index contributed by atoms with van der Waals surface area (Å²) in [5.74, 6) is -0.166. The number of pyridine rings is 2. The Kier molecular flexibility index (Phi) is 8.34. The lowest BCUT2D eigenvalue weighted by atomic mass is 9.86. The molecule has 41 heavy (non-hydrogen) atoms. The largest absolute Gasteiger partial charge is 0.492 e. The van der Waals surface area contributed by atoms with Crippen LogP contribution in [0.4, 0.5) is 4.39 Å². The summed E-state index contributed by atoms with van der Waals surface area (Å²) in [5, 5.41) is 19.5. The van der Waals surface area contributed by atoms with Gasteiger partial charge in [-0.1, -0.05) is 6.07 Å². The molecular formula is C32H36FN5O3. The van der Waals surface area contributed by atoms with Crippen molar-refractivity contribution < 1.29 is 19.0 Å². The zero-order chi connectivity index (χ0) is 29.3. The first-order chi connectivity index (χ1) is 19.7. The number of nitrogens with zero attached hydrogens (tertiary/aromatic N) is 5. The Balaban J connectivity index is 1.50. The number of carbonyl (C=O) groups is 1. The van der Waals surface area contributed by atoms with E-state index < -0.39 is 5.95 Å². The van der Waals surface area contributed by atoms with Crippen LogP contribution in [0.3, 0.4) is 0 Å². The molecule has 1 amide bonds. The second kappa shape index (κ2) is 11.9. The van der Waals surface area contributed by atoms with Crippen molar-refractivity contribution in [3.63, 3.8) is 0 Å². The van der Waals surface area contributed by atoms with Gasteiger partial charge in [0.25, 0.3) is 5.91 Å². The van der Waals surface area contributed by atoms with Crippen LogP contribution in [-0.4, -0.2) is 69.2 Å². The second-order valence-corrected chi connectivity index (χ2v) is 11.0. The summed E-state index contributed by atoms with van der Waals surface area (Å²) in [7, 11) is 0. The maximum absolute atomic E-state index is 14.1. The third-order valence-electron chi connectivity index (χ3n) is 8.32. The Morgan fingerprint density at radius 1 is 1.24 bits per heavy atom. The third kappa shape index (κ3) is 5.81. The maximum Gasteiger partial charge on any atom is 0.254 e. The third-order valence-corrected chi connectivity index (χ3v) is 8.32. The Bertz CT molecular complexity index is 1500. The van der Waals surface area contributed by atoms with Crippen LogP contribution < -0.4 is 4.74 Å². The van der Waals surface area contributed by atoms with Crippen molar-refractivity contribution in [3.05, 3.63) is 76.1 Å². The van der Waals surface area contributed by atoms with Crippen molar-refractivity contribution >= 4 is 5.91 Å². The van der Waals surface area contributed by atoms with Gasteiger partial charge < -0.3 is 14.7 Å². The van der Waals surface area contributed by atoms with Gasteiger partial charge in [0.15, 0.2) is 0 Å². The Hall–Kier alpha value is -3.87. The molecule has 1 aromatic carbocycles. The first-order valence-electron chi connectivity index (χ1n) is 14.2. The number of benzene rings is 1.